The minimum atomic E-state index is 1.04. The van der Waals surface area contributed by atoms with Gasteiger partial charge in [0.1, 0.15) is 0 Å². The summed E-state index contributed by atoms with van der Waals surface area (Å²) in [6.45, 7) is 5.41. The Bertz CT molecular complexity index is 203. The number of unbranched alkanes of at least 4 members (excludes halogenated alkanes) is 1. The van der Waals surface area contributed by atoms with Crippen LogP contribution in [0.4, 0.5) is 0 Å². The molecule has 0 spiro atoms. The van der Waals surface area contributed by atoms with Gasteiger partial charge in [-0.05, 0) is 19.8 Å². The summed E-state index contributed by atoms with van der Waals surface area (Å²) in [5.41, 5.74) is 1.37. The van der Waals surface area contributed by atoms with Crippen LogP contribution in [0.2, 0.25) is 0 Å². The fourth-order valence-corrected chi connectivity index (χ4v) is 1.20. The molecule has 1 heterocycles. The SMILES string of the molecule is CCCCc1cncn1CC. The molecule has 0 aliphatic heterocycles. The van der Waals surface area contributed by atoms with Crippen LogP contribution in [0, 0.1) is 0 Å². The van der Waals surface area contributed by atoms with Crippen molar-refractivity contribution >= 4 is 0 Å². The van der Waals surface area contributed by atoms with E-state index in [1.165, 1.54) is 25.0 Å². The zero-order valence-corrected chi connectivity index (χ0v) is 7.38. The van der Waals surface area contributed by atoms with Crippen molar-refractivity contribution in [2.24, 2.45) is 0 Å². The summed E-state index contributed by atoms with van der Waals surface area (Å²) in [5, 5.41) is 0. The molecule has 0 saturated carbocycles. The van der Waals surface area contributed by atoms with Gasteiger partial charge in [0, 0.05) is 18.4 Å². The predicted molar refractivity (Wildman–Crippen MR) is 46.5 cm³/mol. The van der Waals surface area contributed by atoms with Gasteiger partial charge in [-0.2, -0.15) is 0 Å². The molecule has 0 amide bonds. The Labute approximate surface area is 68.3 Å². The largest absolute Gasteiger partial charge is 0.335 e. The van der Waals surface area contributed by atoms with Gasteiger partial charge in [0.25, 0.3) is 0 Å². The van der Waals surface area contributed by atoms with Crippen molar-refractivity contribution in [3.63, 3.8) is 0 Å². The highest BCUT2D eigenvalue weighted by molar-refractivity contribution is 4.97. The smallest absolute Gasteiger partial charge is 0.0948 e. The van der Waals surface area contributed by atoms with Crippen LogP contribution in [0.25, 0.3) is 0 Å². The lowest BCUT2D eigenvalue weighted by Gasteiger charge is -2.02. The quantitative estimate of drug-likeness (QED) is 0.647. The van der Waals surface area contributed by atoms with Crippen LogP contribution in [-0.4, -0.2) is 9.55 Å². The van der Waals surface area contributed by atoms with Crippen molar-refractivity contribution in [1.29, 1.82) is 0 Å². The molecule has 0 aliphatic carbocycles. The first kappa shape index (κ1) is 8.31. The van der Waals surface area contributed by atoms with Gasteiger partial charge in [0.15, 0.2) is 0 Å². The molecule has 0 unspecified atom stereocenters. The second kappa shape index (κ2) is 4.16. The molecule has 11 heavy (non-hydrogen) atoms. The molecule has 2 heteroatoms. The van der Waals surface area contributed by atoms with Gasteiger partial charge < -0.3 is 4.57 Å². The zero-order valence-electron chi connectivity index (χ0n) is 7.38. The van der Waals surface area contributed by atoms with Crippen molar-refractivity contribution in [2.75, 3.05) is 0 Å². The number of hydrogen-bond donors (Lipinski definition) is 0. The summed E-state index contributed by atoms with van der Waals surface area (Å²) in [4.78, 5) is 4.11. The summed E-state index contributed by atoms with van der Waals surface area (Å²) in [5.74, 6) is 0. The fraction of sp³-hybridized carbons (Fsp3) is 0.667. The van der Waals surface area contributed by atoms with E-state index in [-0.39, 0.29) is 0 Å². The lowest BCUT2D eigenvalue weighted by atomic mass is 10.2. The van der Waals surface area contributed by atoms with E-state index in [1.54, 1.807) is 0 Å². The first-order valence-corrected chi connectivity index (χ1v) is 4.37. The zero-order chi connectivity index (χ0) is 8.10. The van der Waals surface area contributed by atoms with E-state index in [0.29, 0.717) is 0 Å². The topological polar surface area (TPSA) is 17.8 Å². The van der Waals surface area contributed by atoms with Crippen molar-refractivity contribution in [3.05, 3.63) is 18.2 Å². The van der Waals surface area contributed by atoms with Crippen LogP contribution in [-0.2, 0) is 13.0 Å². The first-order valence-electron chi connectivity index (χ1n) is 4.37. The molecule has 0 bridgehead atoms. The molecule has 0 aliphatic rings. The monoisotopic (exact) mass is 152 g/mol. The van der Waals surface area contributed by atoms with Crippen molar-refractivity contribution in [2.45, 2.75) is 39.7 Å². The summed E-state index contributed by atoms with van der Waals surface area (Å²) in [6.07, 6.45) is 7.58. The van der Waals surface area contributed by atoms with E-state index in [2.05, 4.69) is 23.4 Å². The molecule has 2 nitrogen and oxygen atoms in total. The molecular formula is C9H16N2. The Balaban J connectivity index is 2.54. The van der Waals surface area contributed by atoms with Crippen molar-refractivity contribution in [3.8, 4) is 0 Å². The van der Waals surface area contributed by atoms with E-state index >= 15 is 0 Å². The second-order valence-electron chi connectivity index (χ2n) is 2.77. The molecule has 0 N–H and O–H groups in total. The molecular weight excluding hydrogens is 136 g/mol. The standard InChI is InChI=1S/C9H16N2/c1-3-5-6-9-7-10-8-11(9)4-2/h7-8H,3-6H2,1-2H3. The Hall–Kier alpha value is -0.790. The van der Waals surface area contributed by atoms with Crippen LogP contribution in [0.15, 0.2) is 12.5 Å². The maximum atomic E-state index is 4.11. The van der Waals surface area contributed by atoms with E-state index in [0.717, 1.165) is 6.54 Å². The van der Waals surface area contributed by atoms with Gasteiger partial charge in [0.2, 0.25) is 0 Å². The van der Waals surface area contributed by atoms with Crippen LogP contribution in [0.3, 0.4) is 0 Å². The Morgan fingerprint density at radius 1 is 1.45 bits per heavy atom. The summed E-state index contributed by atoms with van der Waals surface area (Å²) >= 11 is 0. The lowest BCUT2D eigenvalue weighted by molar-refractivity contribution is 0.678. The van der Waals surface area contributed by atoms with Crippen LogP contribution in [0.1, 0.15) is 32.4 Å². The summed E-state index contributed by atoms with van der Waals surface area (Å²) < 4.78 is 2.20. The van der Waals surface area contributed by atoms with Gasteiger partial charge in [-0.1, -0.05) is 13.3 Å². The van der Waals surface area contributed by atoms with Gasteiger partial charge in [-0.3, -0.25) is 0 Å². The summed E-state index contributed by atoms with van der Waals surface area (Å²) in [6, 6.07) is 0. The highest BCUT2D eigenvalue weighted by Crippen LogP contribution is 2.03. The first-order chi connectivity index (χ1) is 5.38. The minimum Gasteiger partial charge on any atom is -0.335 e. The molecule has 1 aromatic heterocycles. The van der Waals surface area contributed by atoms with E-state index in [1.807, 2.05) is 12.5 Å². The fourth-order valence-electron chi connectivity index (χ4n) is 1.20. The Kier molecular flexibility index (Phi) is 3.14. The second-order valence-corrected chi connectivity index (χ2v) is 2.77. The maximum absolute atomic E-state index is 4.11. The molecule has 1 aromatic rings. The van der Waals surface area contributed by atoms with Crippen molar-refractivity contribution in [1.82, 2.24) is 9.55 Å². The minimum absolute atomic E-state index is 1.04. The predicted octanol–water partition coefficient (Wildman–Crippen LogP) is 2.25. The number of hydrogen-bond acceptors (Lipinski definition) is 1. The average Bonchev–Trinajstić information content (AvgIpc) is 2.47. The summed E-state index contributed by atoms with van der Waals surface area (Å²) in [7, 11) is 0. The van der Waals surface area contributed by atoms with Gasteiger partial charge in [-0.25, -0.2) is 4.98 Å². The van der Waals surface area contributed by atoms with E-state index in [9.17, 15) is 0 Å². The molecule has 62 valence electrons. The molecule has 0 fully saturated rings. The normalized spacial score (nSPS) is 10.4. The van der Waals surface area contributed by atoms with Crippen LogP contribution >= 0.6 is 0 Å². The number of aromatic nitrogens is 2. The lowest BCUT2D eigenvalue weighted by Crippen LogP contribution is -1.98. The Morgan fingerprint density at radius 3 is 2.91 bits per heavy atom. The van der Waals surface area contributed by atoms with Gasteiger partial charge in [-0.15, -0.1) is 0 Å². The Morgan fingerprint density at radius 2 is 2.27 bits per heavy atom. The molecule has 0 atom stereocenters. The third-order valence-corrected chi connectivity index (χ3v) is 1.93. The highest BCUT2D eigenvalue weighted by atomic mass is 15.0. The molecule has 0 aromatic carbocycles. The third-order valence-electron chi connectivity index (χ3n) is 1.93. The van der Waals surface area contributed by atoms with Crippen LogP contribution in [0.5, 0.6) is 0 Å². The van der Waals surface area contributed by atoms with Gasteiger partial charge in [0.05, 0.1) is 6.33 Å². The molecule has 0 radical (unpaired) electrons. The highest BCUT2D eigenvalue weighted by Gasteiger charge is 1.97. The molecule has 1 rings (SSSR count). The average molecular weight is 152 g/mol. The van der Waals surface area contributed by atoms with Gasteiger partial charge >= 0.3 is 0 Å². The number of imidazole rings is 1. The maximum Gasteiger partial charge on any atom is 0.0948 e. The third kappa shape index (κ3) is 2.07. The van der Waals surface area contributed by atoms with E-state index in [4.69, 9.17) is 0 Å². The number of nitrogens with zero attached hydrogens (tertiary/aromatic N) is 2. The number of rotatable bonds is 4. The number of aryl methyl sites for hydroxylation is 2. The van der Waals surface area contributed by atoms with Crippen LogP contribution < -0.4 is 0 Å². The molecule has 0 saturated heterocycles. The van der Waals surface area contributed by atoms with E-state index < -0.39 is 0 Å². The van der Waals surface area contributed by atoms with Crippen molar-refractivity contribution < 1.29 is 0 Å².